The van der Waals surface area contributed by atoms with E-state index in [0.29, 0.717) is 5.56 Å². The third-order valence-electron chi connectivity index (χ3n) is 16.5. The maximum Gasteiger partial charge on any atom is 0.534 e. The molecule has 0 aliphatic carbocycles. The van der Waals surface area contributed by atoms with Crippen molar-refractivity contribution in [3.8, 4) is 5.75 Å². The van der Waals surface area contributed by atoms with E-state index >= 15 is 0 Å². The molecule has 0 radical (unpaired) electrons. The van der Waals surface area contributed by atoms with E-state index in [9.17, 15) is 31.8 Å². The Balaban J connectivity index is 0.000000238. The molecule has 7 rings (SSSR count). The molecule has 14 heteroatoms. The predicted molar refractivity (Wildman–Crippen MR) is 300 cm³/mol. The largest absolute Gasteiger partial charge is 0.534 e. The zero-order valence-electron chi connectivity index (χ0n) is 45.1. The Kier molecular flexibility index (Phi) is 18.5. The molecule has 0 spiro atoms. The molecule has 73 heavy (non-hydrogen) atoms. The van der Waals surface area contributed by atoms with Crippen molar-refractivity contribution in [3.05, 3.63) is 141 Å². The van der Waals surface area contributed by atoms with Crippen LogP contribution in [-0.2, 0) is 30.3 Å². The van der Waals surface area contributed by atoms with Crippen LogP contribution in [0.1, 0.15) is 162 Å². The van der Waals surface area contributed by atoms with E-state index in [4.69, 9.17) is 9.31 Å². The Labute approximate surface area is 443 Å². The first-order valence-corrected chi connectivity index (χ1v) is 29.6. The van der Waals surface area contributed by atoms with Crippen LogP contribution in [0, 0.1) is 27.7 Å². The van der Waals surface area contributed by atoms with E-state index in [-0.39, 0.29) is 29.5 Å². The van der Waals surface area contributed by atoms with Crippen molar-refractivity contribution >= 4 is 58.4 Å². The van der Waals surface area contributed by atoms with Crippen LogP contribution < -0.4 is 9.65 Å². The molecule has 4 aromatic carbocycles. The van der Waals surface area contributed by atoms with E-state index in [1.165, 1.54) is 40.8 Å². The maximum absolute atomic E-state index is 12.8. The molecule has 3 aliphatic rings. The van der Waals surface area contributed by atoms with Crippen LogP contribution in [0.15, 0.2) is 84.9 Å². The molecular formula is C59H78BF3O7S3. The first-order valence-electron chi connectivity index (χ1n) is 25.9. The predicted octanol–water partition coefficient (Wildman–Crippen LogP) is 13.9. The van der Waals surface area contributed by atoms with E-state index in [1.807, 2.05) is 60.8 Å². The van der Waals surface area contributed by atoms with Crippen LogP contribution in [0.2, 0.25) is 0 Å². The van der Waals surface area contributed by atoms with Gasteiger partial charge in [0.05, 0.1) is 22.4 Å². The third kappa shape index (κ3) is 12.9. The summed E-state index contributed by atoms with van der Waals surface area (Å²) in [5.74, 6) is 3.61. The lowest BCUT2D eigenvalue weighted by atomic mass is 9.68. The molecule has 0 saturated carbocycles. The highest BCUT2D eigenvalue weighted by Gasteiger charge is 2.52. The number of alkyl halides is 3. The number of rotatable bonds is 15. The van der Waals surface area contributed by atoms with Gasteiger partial charge in [0.2, 0.25) is 0 Å². The summed E-state index contributed by atoms with van der Waals surface area (Å²) < 4.78 is 78.3. The fourth-order valence-corrected chi connectivity index (χ4v) is 13.4. The summed E-state index contributed by atoms with van der Waals surface area (Å²) in [7, 11) is -6.08. The van der Waals surface area contributed by atoms with E-state index in [1.54, 1.807) is 12.1 Å². The van der Waals surface area contributed by atoms with Gasteiger partial charge in [-0.2, -0.15) is 45.1 Å². The first-order chi connectivity index (χ1) is 34.1. The molecule has 2 N–H and O–H groups in total. The summed E-state index contributed by atoms with van der Waals surface area (Å²) in [4.78, 5) is 0. The second kappa shape index (κ2) is 23.0. The van der Waals surface area contributed by atoms with Crippen molar-refractivity contribution in [3.63, 3.8) is 0 Å². The fraction of sp³-hybridized carbons (Fsp3) is 0.525. The van der Waals surface area contributed by atoms with Crippen molar-refractivity contribution in [2.75, 3.05) is 23.0 Å². The Hall–Kier alpha value is -3.50. The van der Waals surface area contributed by atoms with Gasteiger partial charge in [-0.05, 0) is 191 Å². The number of aliphatic hydroxyl groups is 2. The summed E-state index contributed by atoms with van der Waals surface area (Å²) in [5.41, 5.74) is 3.65. The number of hydrogen-bond acceptors (Lipinski definition) is 9. The van der Waals surface area contributed by atoms with Gasteiger partial charge in [0.15, 0.2) is 0 Å². The lowest BCUT2D eigenvalue weighted by Gasteiger charge is -2.34. The quantitative estimate of drug-likeness (QED) is 0.0685. The SMILES string of the molecule is CCC(CC)(c1ccc(/C=C/C2(O)CCSCC2)c(C)c1)c1ccc(B2OC(C)(C)C(C)(C)O2)c(C)c1.CCC(CC)(c1ccc(/C=C/C2(O)CCSCC2)c(C)c1)c1ccc(OS(=O)(=O)C(F)(F)F)c(C)c1. The molecule has 398 valence electrons. The normalized spacial score (nSPS) is 19.0. The van der Waals surface area contributed by atoms with Crippen molar-refractivity contribution in [2.24, 2.45) is 0 Å². The highest BCUT2D eigenvalue weighted by Crippen LogP contribution is 2.44. The highest BCUT2D eigenvalue weighted by molar-refractivity contribution is 7.99. The van der Waals surface area contributed by atoms with Gasteiger partial charge in [-0.15, -0.1) is 0 Å². The molecule has 3 heterocycles. The van der Waals surface area contributed by atoms with E-state index < -0.39 is 32.2 Å². The van der Waals surface area contributed by atoms with Gasteiger partial charge in [0.25, 0.3) is 0 Å². The number of thioether (sulfide) groups is 2. The smallest absolute Gasteiger partial charge is 0.399 e. The number of halogens is 3. The molecule has 4 aromatic rings. The summed E-state index contributed by atoms with van der Waals surface area (Å²) in [6, 6.07) is 24.5. The zero-order chi connectivity index (χ0) is 53.8. The Morgan fingerprint density at radius 2 is 0.945 bits per heavy atom. The average molecular weight is 1060 g/mol. The van der Waals surface area contributed by atoms with Crippen molar-refractivity contribution in [1.29, 1.82) is 0 Å². The Morgan fingerprint density at radius 3 is 1.29 bits per heavy atom. The maximum atomic E-state index is 12.8. The second-order valence-electron chi connectivity index (χ2n) is 21.4. The van der Waals surface area contributed by atoms with Gasteiger partial charge >= 0.3 is 22.7 Å². The molecular weight excluding hydrogens is 985 g/mol. The molecule has 3 fully saturated rings. The van der Waals surface area contributed by atoms with Crippen LogP contribution in [-0.4, -0.2) is 76.7 Å². The van der Waals surface area contributed by atoms with Crippen molar-refractivity contribution in [2.45, 2.75) is 173 Å². The van der Waals surface area contributed by atoms with Crippen LogP contribution in [0.5, 0.6) is 5.75 Å². The summed E-state index contributed by atoms with van der Waals surface area (Å²) in [6.45, 7) is 25.0. The van der Waals surface area contributed by atoms with Gasteiger partial charge in [-0.25, -0.2) is 0 Å². The zero-order valence-corrected chi connectivity index (χ0v) is 47.5. The van der Waals surface area contributed by atoms with E-state index in [2.05, 4.69) is 122 Å². The van der Waals surface area contributed by atoms with Crippen molar-refractivity contribution < 1.29 is 45.3 Å². The van der Waals surface area contributed by atoms with Gasteiger partial charge < -0.3 is 23.7 Å². The van der Waals surface area contributed by atoms with Crippen molar-refractivity contribution in [1.82, 2.24) is 0 Å². The average Bonchev–Trinajstić information content (AvgIpc) is 3.55. The van der Waals surface area contributed by atoms with E-state index in [0.717, 1.165) is 102 Å². The highest BCUT2D eigenvalue weighted by atomic mass is 32.2. The van der Waals surface area contributed by atoms with Crippen LogP contribution >= 0.6 is 23.5 Å². The molecule has 0 aromatic heterocycles. The topological polar surface area (TPSA) is 102 Å². The van der Waals surface area contributed by atoms with Gasteiger partial charge in [-0.1, -0.05) is 124 Å². The van der Waals surface area contributed by atoms with Crippen LogP contribution in [0.4, 0.5) is 13.2 Å². The fourth-order valence-electron chi connectivity index (χ4n) is 10.5. The second-order valence-corrected chi connectivity index (χ2v) is 25.4. The summed E-state index contributed by atoms with van der Waals surface area (Å²) in [5, 5.41) is 21.7. The first kappa shape index (κ1) is 58.8. The Morgan fingerprint density at radius 1 is 0.589 bits per heavy atom. The minimum Gasteiger partial charge on any atom is -0.399 e. The van der Waals surface area contributed by atoms with Crippen LogP contribution in [0.25, 0.3) is 12.2 Å². The van der Waals surface area contributed by atoms with Gasteiger partial charge in [0.1, 0.15) is 5.75 Å². The molecule has 0 bridgehead atoms. The molecule has 0 amide bonds. The summed E-state index contributed by atoms with van der Waals surface area (Å²) in [6.07, 6.45) is 14.7. The van der Waals surface area contributed by atoms with Gasteiger partial charge in [-0.3, -0.25) is 0 Å². The van der Waals surface area contributed by atoms with Crippen LogP contribution in [0.3, 0.4) is 0 Å². The molecule has 3 aliphatic heterocycles. The third-order valence-corrected chi connectivity index (χ3v) is 19.4. The lowest BCUT2D eigenvalue weighted by molar-refractivity contribution is -0.0500. The number of aryl methyl sites for hydroxylation is 4. The Bertz CT molecular complexity index is 2710. The molecule has 0 unspecified atom stereocenters. The minimum atomic E-state index is -5.74. The summed E-state index contributed by atoms with van der Waals surface area (Å²) >= 11 is 3.78. The number of hydrogen-bond donors (Lipinski definition) is 2. The number of benzene rings is 4. The molecule has 0 atom stereocenters. The standard InChI is InChI=1S/C32H45BO3S.C27H33F3O4S2/c1-9-32(10-2,26-12-11-25(23(3)21-26)15-16-31(34)17-19-37-20-18-31)27-13-14-28(24(4)22-27)33-35-29(5,6)30(7,8)36-33;1-5-26(6-2,23-9-10-24(20(4)18-23)34-36(32,33)27(28,29)30)22-8-7-21(19(3)17-22)11-12-25(31)13-15-35-16-14-25/h11-16,21-22,34H,9-10,17-20H2,1-8H3;7-12,17-18,31H,5-6,13-16H2,1-4H3/b16-15+;12-11+. The minimum absolute atomic E-state index is 0.0645. The molecule has 7 nitrogen and oxygen atoms in total. The van der Waals surface area contributed by atoms with Gasteiger partial charge in [0, 0.05) is 10.8 Å². The molecule has 3 saturated heterocycles. The lowest BCUT2D eigenvalue weighted by Crippen LogP contribution is -2.41. The monoisotopic (exact) mass is 1060 g/mol.